The van der Waals surface area contributed by atoms with Crippen LogP contribution < -0.4 is 5.56 Å². The Hall–Kier alpha value is -3.64. The molecule has 0 fully saturated rings. The van der Waals surface area contributed by atoms with Crippen LogP contribution in [0.3, 0.4) is 0 Å². The number of pyridine rings is 1. The molecule has 0 spiro atoms. The fraction of sp³-hybridized carbons (Fsp3) is 0.0455. The summed E-state index contributed by atoms with van der Waals surface area (Å²) in [5.41, 5.74) is 3.63. The molecule has 6 nitrogen and oxygen atoms in total. The highest BCUT2D eigenvalue weighted by molar-refractivity contribution is 6.30. The lowest BCUT2D eigenvalue weighted by molar-refractivity contribution is 0.0696. The van der Waals surface area contributed by atoms with Gasteiger partial charge in [0.1, 0.15) is 0 Å². The molecule has 0 amide bonds. The molecule has 2 heterocycles. The van der Waals surface area contributed by atoms with E-state index in [-0.39, 0.29) is 11.1 Å². The van der Waals surface area contributed by atoms with Gasteiger partial charge in [-0.2, -0.15) is 5.10 Å². The lowest BCUT2D eigenvalue weighted by atomic mass is 9.98. The molecule has 2 aromatic heterocycles. The minimum absolute atomic E-state index is 0.137. The molecule has 0 atom stereocenters. The van der Waals surface area contributed by atoms with Crippen molar-refractivity contribution in [2.24, 2.45) is 7.05 Å². The summed E-state index contributed by atoms with van der Waals surface area (Å²) < 4.78 is 3.02. The molecule has 0 aliphatic rings. The maximum atomic E-state index is 12.3. The van der Waals surface area contributed by atoms with Crippen LogP contribution in [0.5, 0.6) is 0 Å². The van der Waals surface area contributed by atoms with Crippen LogP contribution in [0.15, 0.2) is 78.0 Å². The molecule has 0 bridgehead atoms. The topological polar surface area (TPSA) is 77.1 Å². The number of carbonyl (C=O) groups is 1. The molecule has 0 aliphatic carbocycles. The molecule has 1 N–H and O–H groups in total. The fourth-order valence-electron chi connectivity index (χ4n) is 3.18. The minimum atomic E-state index is -1.03. The van der Waals surface area contributed by atoms with Gasteiger partial charge in [-0.25, -0.2) is 9.48 Å². The number of hydrogen-bond donors (Lipinski definition) is 1. The maximum Gasteiger partial charge on any atom is 0.337 e. The zero-order valence-electron chi connectivity index (χ0n) is 15.4. The van der Waals surface area contributed by atoms with E-state index in [0.717, 1.165) is 22.3 Å². The van der Waals surface area contributed by atoms with Crippen molar-refractivity contribution < 1.29 is 9.90 Å². The van der Waals surface area contributed by atoms with Crippen LogP contribution in [0.2, 0.25) is 5.02 Å². The van der Waals surface area contributed by atoms with E-state index in [0.29, 0.717) is 10.7 Å². The summed E-state index contributed by atoms with van der Waals surface area (Å²) in [5.74, 6) is -1.03. The van der Waals surface area contributed by atoms with E-state index in [1.807, 2.05) is 12.1 Å². The van der Waals surface area contributed by atoms with Crippen molar-refractivity contribution in [2.75, 3.05) is 0 Å². The second-order valence-electron chi connectivity index (χ2n) is 6.55. The standard InChI is InChI=1S/C22H16ClN3O3/c1-25-13-19(18(10-21(25)27)14-6-8-16(23)9-7-14)15-11-24-26(12-15)20-5-3-2-4-17(20)22(28)29/h2-13H,1H3,(H,28,29). The van der Waals surface area contributed by atoms with Crippen molar-refractivity contribution in [2.45, 2.75) is 0 Å². The fourth-order valence-corrected chi connectivity index (χ4v) is 3.30. The Bertz CT molecular complexity index is 1270. The largest absolute Gasteiger partial charge is 0.478 e. The van der Waals surface area contributed by atoms with E-state index in [2.05, 4.69) is 5.10 Å². The molecule has 4 rings (SSSR count). The average Bonchev–Trinajstić information content (AvgIpc) is 3.20. The molecule has 0 unspecified atom stereocenters. The highest BCUT2D eigenvalue weighted by atomic mass is 35.5. The number of hydrogen-bond acceptors (Lipinski definition) is 3. The van der Waals surface area contributed by atoms with E-state index < -0.39 is 5.97 Å². The Morgan fingerprint density at radius 3 is 2.45 bits per heavy atom. The van der Waals surface area contributed by atoms with Gasteiger partial charge in [-0.15, -0.1) is 0 Å². The maximum absolute atomic E-state index is 12.3. The number of para-hydroxylation sites is 1. The average molecular weight is 406 g/mol. The third kappa shape index (κ3) is 3.58. The smallest absolute Gasteiger partial charge is 0.337 e. The Balaban J connectivity index is 1.87. The molecule has 2 aromatic carbocycles. The number of halogens is 1. The Morgan fingerprint density at radius 2 is 1.72 bits per heavy atom. The van der Waals surface area contributed by atoms with Crippen LogP contribution in [0, 0.1) is 0 Å². The number of aromatic carboxylic acids is 1. The second-order valence-corrected chi connectivity index (χ2v) is 6.99. The normalized spacial score (nSPS) is 10.8. The molecule has 0 saturated heterocycles. The van der Waals surface area contributed by atoms with Gasteiger partial charge >= 0.3 is 5.97 Å². The van der Waals surface area contributed by atoms with Crippen molar-refractivity contribution in [1.29, 1.82) is 0 Å². The van der Waals surface area contributed by atoms with Crippen molar-refractivity contribution in [3.05, 3.63) is 94.1 Å². The van der Waals surface area contributed by atoms with Crippen molar-refractivity contribution in [1.82, 2.24) is 14.3 Å². The summed E-state index contributed by atoms with van der Waals surface area (Å²) in [6.07, 6.45) is 5.15. The molecular weight excluding hydrogens is 390 g/mol. The van der Waals surface area contributed by atoms with Gasteiger partial charge in [0.15, 0.2) is 0 Å². The molecule has 7 heteroatoms. The van der Waals surface area contributed by atoms with Crippen LogP contribution in [-0.4, -0.2) is 25.4 Å². The van der Waals surface area contributed by atoms with E-state index in [4.69, 9.17) is 11.6 Å². The number of aryl methyl sites for hydroxylation is 1. The quantitative estimate of drug-likeness (QED) is 0.550. The molecule has 0 saturated carbocycles. The summed E-state index contributed by atoms with van der Waals surface area (Å²) >= 11 is 6.00. The summed E-state index contributed by atoms with van der Waals surface area (Å²) in [6.45, 7) is 0. The summed E-state index contributed by atoms with van der Waals surface area (Å²) in [4.78, 5) is 23.8. The molecule has 0 aliphatic heterocycles. The van der Waals surface area contributed by atoms with Crippen LogP contribution in [0.4, 0.5) is 0 Å². The van der Waals surface area contributed by atoms with Gasteiger partial charge in [-0.1, -0.05) is 35.9 Å². The second kappa shape index (κ2) is 7.41. The van der Waals surface area contributed by atoms with Crippen LogP contribution in [0.25, 0.3) is 27.9 Å². The van der Waals surface area contributed by atoms with Gasteiger partial charge in [0.25, 0.3) is 5.56 Å². The van der Waals surface area contributed by atoms with Gasteiger partial charge in [0, 0.05) is 41.7 Å². The minimum Gasteiger partial charge on any atom is -0.478 e. The third-order valence-corrected chi connectivity index (χ3v) is 4.91. The van der Waals surface area contributed by atoms with Crippen LogP contribution >= 0.6 is 11.6 Å². The summed E-state index contributed by atoms with van der Waals surface area (Å²) in [6, 6.07) is 15.5. The van der Waals surface area contributed by atoms with Crippen molar-refractivity contribution in [3.63, 3.8) is 0 Å². The van der Waals surface area contributed by atoms with Gasteiger partial charge < -0.3 is 9.67 Å². The van der Waals surface area contributed by atoms with Gasteiger partial charge in [0.05, 0.1) is 17.4 Å². The highest BCUT2D eigenvalue weighted by Crippen LogP contribution is 2.32. The summed E-state index contributed by atoms with van der Waals surface area (Å²) in [5, 5.41) is 14.4. The molecule has 29 heavy (non-hydrogen) atoms. The lowest BCUT2D eigenvalue weighted by Crippen LogP contribution is -2.15. The lowest BCUT2D eigenvalue weighted by Gasteiger charge is -2.10. The number of nitrogens with zero attached hydrogens (tertiary/aromatic N) is 3. The van der Waals surface area contributed by atoms with Crippen molar-refractivity contribution >= 4 is 17.6 Å². The first-order valence-electron chi connectivity index (χ1n) is 8.78. The van der Waals surface area contributed by atoms with E-state index in [1.165, 1.54) is 15.3 Å². The SMILES string of the molecule is Cn1cc(-c2cnn(-c3ccccc3C(=O)O)c2)c(-c2ccc(Cl)cc2)cc1=O. The predicted octanol–water partition coefficient (Wildman–Crippen LogP) is 4.26. The molecule has 4 aromatic rings. The van der Waals surface area contributed by atoms with Gasteiger partial charge in [-0.05, 0) is 35.4 Å². The molecule has 0 radical (unpaired) electrons. The van der Waals surface area contributed by atoms with E-state index in [9.17, 15) is 14.7 Å². The van der Waals surface area contributed by atoms with Crippen molar-refractivity contribution in [3.8, 4) is 27.9 Å². The van der Waals surface area contributed by atoms with Crippen LogP contribution in [-0.2, 0) is 7.05 Å². The third-order valence-electron chi connectivity index (χ3n) is 4.66. The first kappa shape index (κ1) is 18.7. The first-order chi connectivity index (χ1) is 13.9. The molecule has 144 valence electrons. The Kier molecular flexibility index (Phi) is 4.78. The number of carboxylic acid groups (broad SMARTS) is 1. The van der Waals surface area contributed by atoms with Gasteiger partial charge in [0.2, 0.25) is 0 Å². The van der Waals surface area contributed by atoms with Crippen LogP contribution in [0.1, 0.15) is 10.4 Å². The van der Waals surface area contributed by atoms with Gasteiger partial charge in [-0.3, -0.25) is 4.79 Å². The summed E-state index contributed by atoms with van der Waals surface area (Å²) in [7, 11) is 1.68. The Morgan fingerprint density at radius 1 is 1.00 bits per heavy atom. The first-order valence-corrected chi connectivity index (χ1v) is 9.16. The highest BCUT2D eigenvalue weighted by Gasteiger charge is 2.15. The monoisotopic (exact) mass is 405 g/mol. The molecular formula is C22H16ClN3O3. The Labute approximate surface area is 171 Å². The number of aromatic nitrogens is 3. The number of rotatable bonds is 4. The number of carboxylic acids is 1. The zero-order chi connectivity index (χ0) is 20.5. The zero-order valence-corrected chi connectivity index (χ0v) is 16.2. The predicted molar refractivity (Wildman–Crippen MR) is 112 cm³/mol. The van der Waals surface area contributed by atoms with E-state index >= 15 is 0 Å². The number of benzene rings is 2. The van der Waals surface area contributed by atoms with E-state index in [1.54, 1.807) is 62.0 Å².